The first-order valence-corrected chi connectivity index (χ1v) is 6.91. The molecule has 1 aromatic rings. The smallest absolute Gasteiger partial charge is 0.0110 e. The van der Waals surface area contributed by atoms with Crippen LogP contribution in [0, 0.1) is 0 Å². The highest BCUT2D eigenvalue weighted by Gasteiger charge is 2.38. The van der Waals surface area contributed by atoms with Crippen molar-refractivity contribution in [1.82, 2.24) is 0 Å². The van der Waals surface area contributed by atoms with Crippen LogP contribution in [0.4, 0.5) is 0 Å². The van der Waals surface area contributed by atoms with Crippen LogP contribution < -0.4 is 5.73 Å². The van der Waals surface area contributed by atoms with Crippen LogP contribution in [0.1, 0.15) is 48.8 Å². The van der Waals surface area contributed by atoms with Gasteiger partial charge in [-0.3, -0.25) is 0 Å². The van der Waals surface area contributed by atoms with Crippen LogP contribution in [0.25, 0.3) is 0 Å². The molecule has 1 aliphatic carbocycles. The first kappa shape index (κ1) is 11.2. The number of thiophene rings is 1. The second kappa shape index (κ2) is 4.67. The lowest BCUT2D eigenvalue weighted by atomic mass is 9.66. The Kier molecular flexibility index (Phi) is 3.47. The molecule has 0 atom stereocenters. The van der Waals surface area contributed by atoms with Gasteiger partial charge in [0.1, 0.15) is 0 Å². The highest BCUT2D eigenvalue weighted by molar-refractivity contribution is 7.12. The Morgan fingerprint density at radius 2 is 2.20 bits per heavy atom. The fourth-order valence-corrected chi connectivity index (χ4v) is 3.93. The number of aryl methyl sites for hydroxylation is 1. The first-order valence-electron chi connectivity index (χ1n) is 6.10. The van der Waals surface area contributed by atoms with Crippen molar-refractivity contribution in [3.63, 3.8) is 0 Å². The Balaban J connectivity index is 2.12. The van der Waals surface area contributed by atoms with Gasteiger partial charge < -0.3 is 5.73 Å². The minimum Gasteiger partial charge on any atom is -0.330 e. The maximum Gasteiger partial charge on any atom is 0.0110 e. The molecule has 0 spiro atoms. The molecule has 0 aliphatic heterocycles. The Morgan fingerprint density at radius 1 is 1.40 bits per heavy atom. The van der Waals surface area contributed by atoms with Crippen molar-refractivity contribution in [3.05, 3.63) is 21.9 Å². The lowest BCUT2D eigenvalue weighted by molar-refractivity contribution is 0.235. The van der Waals surface area contributed by atoms with E-state index in [0.717, 1.165) is 6.54 Å². The Hall–Kier alpha value is -0.340. The van der Waals surface area contributed by atoms with Crippen LogP contribution >= 0.6 is 11.3 Å². The number of hydrogen-bond donors (Lipinski definition) is 1. The van der Waals surface area contributed by atoms with Gasteiger partial charge in [0.05, 0.1) is 0 Å². The van der Waals surface area contributed by atoms with Crippen molar-refractivity contribution < 1.29 is 0 Å². The molecule has 0 saturated heterocycles. The molecule has 0 unspecified atom stereocenters. The second-order valence-electron chi connectivity index (χ2n) is 4.69. The van der Waals surface area contributed by atoms with Gasteiger partial charge in [0.15, 0.2) is 0 Å². The molecule has 1 aromatic heterocycles. The van der Waals surface area contributed by atoms with Gasteiger partial charge >= 0.3 is 0 Å². The van der Waals surface area contributed by atoms with Gasteiger partial charge in [-0.25, -0.2) is 0 Å². The molecule has 1 saturated carbocycles. The summed E-state index contributed by atoms with van der Waals surface area (Å²) >= 11 is 2.02. The molecular weight excluding hydrogens is 202 g/mol. The van der Waals surface area contributed by atoms with Gasteiger partial charge in [-0.2, -0.15) is 0 Å². The zero-order chi connectivity index (χ0) is 10.7. The summed E-state index contributed by atoms with van der Waals surface area (Å²) in [7, 11) is 0. The lowest BCUT2D eigenvalue weighted by Gasteiger charge is -2.41. The average molecular weight is 223 g/mol. The van der Waals surface area contributed by atoms with Crippen LogP contribution in [0.5, 0.6) is 0 Å². The zero-order valence-corrected chi connectivity index (χ0v) is 10.4. The molecule has 2 N–H and O–H groups in total. The first-order chi connectivity index (χ1) is 7.30. The fraction of sp³-hybridized carbons (Fsp3) is 0.692. The zero-order valence-electron chi connectivity index (χ0n) is 9.59. The highest BCUT2D eigenvalue weighted by atomic mass is 32.1. The van der Waals surface area contributed by atoms with Crippen LogP contribution in [-0.2, 0) is 11.8 Å². The Labute approximate surface area is 96.7 Å². The summed E-state index contributed by atoms with van der Waals surface area (Å²) in [5.74, 6) is 0. The molecule has 2 heteroatoms. The summed E-state index contributed by atoms with van der Waals surface area (Å²) in [5, 5.41) is 0. The molecule has 1 nitrogen and oxygen atoms in total. The number of hydrogen-bond acceptors (Lipinski definition) is 2. The molecule has 2 rings (SSSR count). The molecule has 0 aromatic carbocycles. The van der Waals surface area contributed by atoms with E-state index >= 15 is 0 Å². The minimum atomic E-state index is 0.478. The van der Waals surface area contributed by atoms with E-state index in [1.165, 1.54) is 38.5 Å². The lowest BCUT2D eigenvalue weighted by Crippen LogP contribution is -2.35. The van der Waals surface area contributed by atoms with Gasteiger partial charge in [0, 0.05) is 15.2 Å². The van der Waals surface area contributed by atoms with Crippen molar-refractivity contribution in [2.24, 2.45) is 5.73 Å². The maximum atomic E-state index is 5.73. The molecular formula is C13H21NS. The summed E-state index contributed by atoms with van der Waals surface area (Å²) in [6.45, 7) is 3.08. The highest BCUT2D eigenvalue weighted by Crippen LogP contribution is 2.48. The third kappa shape index (κ3) is 2.11. The molecule has 1 heterocycles. The van der Waals surface area contributed by atoms with E-state index in [4.69, 9.17) is 5.73 Å². The summed E-state index contributed by atoms with van der Waals surface area (Å²) in [6, 6.07) is 4.67. The third-order valence-corrected chi connectivity index (χ3v) is 5.01. The minimum absolute atomic E-state index is 0.478. The largest absolute Gasteiger partial charge is 0.330 e. The SMILES string of the molecule is CCCc1ccc(C2(CCN)CCC2)s1. The molecule has 0 bridgehead atoms. The quantitative estimate of drug-likeness (QED) is 0.812. The maximum absolute atomic E-state index is 5.73. The van der Waals surface area contributed by atoms with E-state index in [1.54, 1.807) is 9.75 Å². The number of rotatable bonds is 5. The van der Waals surface area contributed by atoms with Gasteiger partial charge in [0.25, 0.3) is 0 Å². The van der Waals surface area contributed by atoms with E-state index in [-0.39, 0.29) is 0 Å². The van der Waals surface area contributed by atoms with Crippen LogP contribution in [0.2, 0.25) is 0 Å². The standard InChI is InChI=1S/C13H21NS/c1-2-4-11-5-6-12(15-11)13(9-10-14)7-3-8-13/h5-6H,2-4,7-10,14H2,1H3. The van der Waals surface area contributed by atoms with E-state index in [1.807, 2.05) is 11.3 Å². The Bertz CT molecular complexity index is 312. The molecule has 15 heavy (non-hydrogen) atoms. The molecule has 0 radical (unpaired) electrons. The second-order valence-corrected chi connectivity index (χ2v) is 5.86. The van der Waals surface area contributed by atoms with Gasteiger partial charge in [-0.05, 0) is 44.4 Å². The van der Waals surface area contributed by atoms with Gasteiger partial charge in [0.2, 0.25) is 0 Å². The van der Waals surface area contributed by atoms with E-state index in [0.29, 0.717) is 5.41 Å². The molecule has 0 amide bonds. The predicted molar refractivity (Wildman–Crippen MR) is 67.5 cm³/mol. The van der Waals surface area contributed by atoms with Crippen LogP contribution in [0.3, 0.4) is 0 Å². The third-order valence-electron chi connectivity index (χ3n) is 3.61. The van der Waals surface area contributed by atoms with Crippen LogP contribution in [0.15, 0.2) is 12.1 Å². The topological polar surface area (TPSA) is 26.0 Å². The van der Waals surface area contributed by atoms with Gasteiger partial charge in [-0.1, -0.05) is 19.8 Å². The summed E-state index contributed by atoms with van der Waals surface area (Å²) in [4.78, 5) is 3.15. The van der Waals surface area contributed by atoms with Crippen molar-refractivity contribution in [1.29, 1.82) is 0 Å². The molecule has 1 aliphatic rings. The van der Waals surface area contributed by atoms with Crippen molar-refractivity contribution in [3.8, 4) is 0 Å². The van der Waals surface area contributed by atoms with Crippen molar-refractivity contribution in [2.75, 3.05) is 6.54 Å². The summed E-state index contributed by atoms with van der Waals surface area (Å²) < 4.78 is 0. The molecule has 1 fully saturated rings. The summed E-state index contributed by atoms with van der Waals surface area (Å²) in [5.41, 5.74) is 6.21. The predicted octanol–water partition coefficient (Wildman–Crippen LogP) is 3.47. The van der Waals surface area contributed by atoms with Gasteiger partial charge in [-0.15, -0.1) is 11.3 Å². The average Bonchev–Trinajstić information content (AvgIpc) is 2.61. The molecule has 84 valence electrons. The van der Waals surface area contributed by atoms with E-state index < -0.39 is 0 Å². The van der Waals surface area contributed by atoms with Crippen LogP contribution in [-0.4, -0.2) is 6.54 Å². The fourth-order valence-electron chi connectivity index (χ4n) is 2.54. The Morgan fingerprint density at radius 3 is 2.73 bits per heavy atom. The van der Waals surface area contributed by atoms with Crippen molar-refractivity contribution in [2.45, 2.75) is 50.9 Å². The van der Waals surface area contributed by atoms with Crippen molar-refractivity contribution >= 4 is 11.3 Å². The number of nitrogens with two attached hydrogens (primary N) is 1. The van der Waals surface area contributed by atoms with E-state index in [9.17, 15) is 0 Å². The normalized spacial score (nSPS) is 18.8. The monoisotopic (exact) mass is 223 g/mol. The summed E-state index contributed by atoms with van der Waals surface area (Å²) in [6.07, 6.45) is 7.78. The van der Waals surface area contributed by atoms with E-state index in [2.05, 4.69) is 19.1 Å².